The predicted octanol–water partition coefficient (Wildman–Crippen LogP) is 3.72. The number of benzene rings is 2. The van der Waals surface area contributed by atoms with E-state index in [0.717, 1.165) is 25.3 Å². The highest BCUT2D eigenvalue weighted by Crippen LogP contribution is 2.24. The number of ether oxygens (including phenoxy) is 2. The van der Waals surface area contributed by atoms with E-state index >= 15 is 0 Å². The van der Waals surface area contributed by atoms with Gasteiger partial charge in [0.2, 0.25) is 0 Å². The second-order valence-corrected chi connectivity index (χ2v) is 6.78. The summed E-state index contributed by atoms with van der Waals surface area (Å²) >= 11 is 0. The Kier molecular flexibility index (Phi) is 6.55. The van der Waals surface area contributed by atoms with Crippen LogP contribution in [0.5, 0.6) is 11.5 Å². The Balaban J connectivity index is 2.05. The van der Waals surface area contributed by atoms with Crippen molar-refractivity contribution < 1.29 is 27.2 Å². The molecular formula is C18H20O6S. The Hall–Kier alpha value is -2.38. The maximum absolute atomic E-state index is 12.2. The van der Waals surface area contributed by atoms with Gasteiger partial charge in [-0.3, -0.25) is 4.55 Å². The zero-order valence-corrected chi connectivity index (χ0v) is 14.7. The third kappa shape index (κ3) is 5.58. The topological polar surface area (TPSA) is 89.9 Å². The molecule has 0 amide bonds. The van der Waals surface area contributed by atoms with Gasteiger partial charge < -0.3 is 9.47 Å². The van der Waals surface area contributed by atoms with Crippen molar-refractivity contribution in [3.05, 3.63) is 54.1 Å². The first kappa shape index (κ1) is 19.0. The van der Waals surface area contributed by atoms with Crippen molar-refractivity contribution in [1.82, 2.24) is 0 Å². The summed E-state index contributed by atoms with van der Waals surface area (Å²) in [4.78, 5) is 11.7. The largest absolute Gasteiger partial charge is 0.494 e. The molecule has 7 heteroatoms. The molecule has 0 bridgehead atoms. The summed E-state index contributed by atoms with van der Waals surface area (Å²) in [5.74, 6) is -0.311. The minimum absolute atomic E-state index is 0.227. The lowest BCUT2D eigenvalue weighted by molar-refractivity contribution is 0.0730. The molecule has 0 aromatic heterocycles. The molecule has 0 saturated heterocycles. The zero-order chi connectivity index (χ0) is 18.3. The van der Waals surface area contributed by atoms with Crippen molar-refractivity contribution in [3.8, 4) is 11.5 Å². The first-order chi connectivity index (χ1) is 11.9. The van der Waals surface area contributed by atoms with Gasteiger partial charge in [0, 0.05) is 0 Å². The first-order valence-corrected chi connectivity index (χ1v) is 9.37. The van der Waals surface area contributed by atoms with Crippen LogP contribution in [0.1, 0.15) is 36.5 Å². The number of esters is 1. The predicted molar refractivity (Wildman–Crippen MR) is 92.7 cm³/mol. The molecule has 2 aromatic carbocycles. The van der Waals surface area contributed by atoms with Crippen molar-refractivity contribution in [3.63, 3.8) is 0 Å². The lowest BCUT2D eigenvalue weighted by Crippen LogP contribution is -2.11. The molecular weight excluding hydrogens is 344 g/mol. The molecule has 0 atom stereocenters. The summed E-state index contributed by atoms with van der Waals surface area (Å²) in [6.07, 6.45) is 3.17. The molecule has 134 valence electrons. The summed E-state index contributed by atoms with van der Waals surface area (Å²) in [6, 6.07) is 11.8. The summed E-state index contributed by atoms with van der Waals surface area (Å²) in [5, 5.41) is 0. The third-order valence-electron chi connectivity index (χ3n) is 3.44. The number of carbonyl (C=O) groups excluding carboxylic acids is 1. The quantitative estimate of drug-likeness (QED) is 0.332. The molecule has 0 aliphatic rings. The Morgan fingerprint density at radius 1 is 1.04 bits per heavy atom. The number of para-hydroxylation sites is 1. The maximum Gasteiger partial charge on any atom is 0.343 e. The van der Waals surface area contributed by atoms with Gasteiger partial charge >= 0.3 is 5.97 Å². The van der Waals surface area contributed by atoms with Crippen molar-refractivity contribution in [2.45, 2.75) is 31.1 Å². The van der Waals surface area contributed by atoms with Crippen LogP contribution in [0.15, 0.2) is 53.4 Å². The zero-order valence-electron chi connectivity index (χ0n) is 13.8. The van der Waals surface area contributed by atoms with Crippen LogP contribution in [0.2, 0.25) is 0 Å². The Morgan fingerprint density at radius 2 is 1.72 bits per heavy atom. The number of carbonyl (C=O) groups is 1. The molecule has 0 aliphatic carbocycles. The Bertz CT molecular complexity index is 812. The minimum Gasteiger partial charge on any atom is -0.494 e. The van der Waals surface area contributed by atoms with E-state index in [-0.39, 0.29) is 11.3 Å². The highest BCUT2D eigenvalue weighted by Gasteiger charge is 2.19. The second-order valence-electron chi connectivity index (χ2n) is 5.39. The molecule has 6 nitrogen and oxygen atoms in total. The molecule has 0 fully saturated rings. The third-order valence-corrected chi connectivity index (χ3v) is 4.33. The number of hydrogen-bond donors (Lipinski definition) is 1. The summed E-state index contributed by atoms with van der Waals surface area (Å²) < 4.78 is 42.4. The number of hydrogen-bond acceptors (Lipinski definition) is 5. The molecule has 0 spiro atoms. The molecule has 2 rings (SSSR count). The van der Waals surface area contributed by atoms with Crippen molar-refractivity contribution in [2.24, 2.45) is 0 Å². The van der Waals surface area contributed by atoms with E-state index < -0.39 is 21.0 Å². The minimum atomic E-state index is -4.48. The van der Waals surface area contributed by atoms with E-state index in [0.29, 0.717) is 12.4 Å². The van der Waals surface area contributed by atoms with Crippen LogP contribution in [-0.4, -0.2) is 25.5 Å². The van der Waals surface area contributed by atoms with Gasteiger partial charge in [0.05, 0.1) is 12.2 Å². The molecule has 0 aliphatic heterocycles. The van der Waals surface area contributed by atoms with Crippen molar-refractivity contribution in [2.75, 3.05) is 6.61 Å². The number of unbranched alkanes of at least 4 members (excludes halogenated alkanes) is 2. The Labute approximate surface area is 147 Å². The molecule has 0 unspecified atom stereocenters. The monoisotopic (exact) mass is 364 g/mol. The highest BCUT2D eigenvalue weighted by atomic mass is 32.2. The normalized spacial score (nSPS) is 11.1. The van der Waals surface area contributed by atoms with Crippen LogP contribution in [-0.2, 0) is 10.1 Å². The van der Waals surface area contributed by atoms with Gasteiger partial charge in [0.25, 0.3) is 10.1 Å². The van der Waals surface area contributed by atoms with Crippen LogP contribution >= 0.6 is 0 Å². The molecule has 1 N–H and O–H groups in total. The molecule has 25 heavy (non-hydrogen) atoms. The lowest BCUT2D eigenvalue weighted by atomic mass is 10.2. The van der Waals surface area contributed by atoms with Crippen LogP contribution in [0, 0.1) is 0 Å². The van der Waals surface area contributed by atoms with Gasteiger partial charge in [-0.2, -0.15) is 8.42 Å². The molecule has 0 heterocycles. The van der Waals surface area contributed by atoms with E-state index in [1.54, 1.807) is 12.1 Å². The van der Waals surface area contributed by atoms with E-state index in [1.165, 1.54) is 30.3 Å². The highest BCUT2D eigenvalue weighted by molar-refractivity contribution is 7.86. The summed E-state index contributed by atoms with van der Waals surface area (Å²) in [6.45, 7) is 2.72. The SMILES string of the molecule is CCCCCOc1ccc(C(=O)Oc2ccccc2S(=O)(=O)O)cc1. The molecule has 2 aromatic rings. The van der Waals surface area contributed by atoms with Gasteiger partial charge in [-0.15, -0.1) is 0 Å². The van der Waals surface area contributed by atoms with Gasteiger partial charge in [-0.05, 0) is 42.8 Å². The average molecular weight is 364 g/mol. The lowest BCUT2D eigenvalue weighted by Gasteiger charge is -2.09. The smallest absolute Gasteiger partial charge is 0.343 e. The fraction of sp³-hybridized carbons (Fsp3) is 0.278. The van der Waals surface area contributed by atoms with Gasteiger partial charge in [0.15, 0.2) is 5.75 Å². The van der Waals surface area contributed by atoms with E-state index in [4.69, 9.17) is 9.47 Å². The van der Waals surface area contributed by atoms with E-state index in [2.05, 4.69) is 6.92 Å². The van der Waals surface area contributed by atoms with Crippen LogP contribution < -0.4 is 9.47 Å². The maximum atomic E-state index is 12.2. The second kappa shape index (κ2) is 8.64. The number of rotatable bonds is 8. The van der Waals surface area contributed by atoms with Crippen LogP contribution in [0.4, 0.5) is 0 Å². The fourth-order valence-electron chi connectivity index (χ4n) is 2.14. The summed E-state index contributed by atoms with van der Waals surface area (Å²) in [7, 11) is -4.48. The molecule has 0 radical (unpaired) electrons. The van der Waals surface area contributed by atoms with Crippen molar-refractivity contribution in [1.29, 1.82) is 0 Å². The molecule has 0 saturated carbocycles. The van der Waals surface area contributed by atoms with E-state index in [1.807, 2.05) is 0 Å². The average Bonchev–Trinajstić information content (AvgIpc) is 2.59. The summed E-state index contributed by atoms with van der Waals surface area (Å²) in [5.41, 5.74) is 0.242. The van der Waals surface area contributed by atoms with Crippen LogP contribution in [0.3, 0.4) is 0 Å². The van der Waals surface area contributed by atoms with Crippen molar-refractivity contribution >= 4 is 16.1 Å². The Morgan fingerprint density at radius 3 is 2.36 bits per heavy atom. The van der Waals surface area contributed by atoms with E-state index in [9.17, 15) is 17.8 Å². The van der Waals surface area contributed by atoms with Gasteiger partial charge in [0.1, 0.15) is 10.6 Å². The first-order valence-electron chi connectivity index (χ1n) is 7.93. The fourth-order valence-corrected chi connectivity index (χ4v) is 2.75. The van der Waals surface area contributed by atoms with Gasteiger partial charge in [-0.25, -0.2) is 4.79 Å². The van der Waals surface area contributed by atoms with Crippen LogP contribution in [0.25, 0.3) is 0 Å². The standard InChI is InChI=1S/C18H20O6S/c1-2-3-6-13-23-15-11-9-14(10-12-15)18(19)24-16-7-4-5-8-17(16)25(20,21)22/h4-5,7-12H,2-3,6,13H2,1H3,(H,20,21,22). The van der Waals surface area contributed by atoms with Gasteiger partial charge in [-0.1, -0.05) is 31.9 Å².